The summed E-state index contributed by atoms with van der Waals surface area (Å²) < 4.78 is 104. The SMILES string of the molecule is CCN(C)S(=O)(=O)Nc1ccc(F)c(C(=O)c2c[nH]c3ncc(-c4ccc(N5CCC(=CC(=O)CC6(O)CCC(c7ccc(NC8CCC(=O)NC8=O)cc7F)CC6)CC5)c(C(F)F)c4)cc23)c1F. The molecule has 1 unspecified atom stereocenters. The van der Waals surface area contributed by atoms with Crippen LogP contribution in [0.15, 0.2) is 78.6 Å². The Kier molecular flexibility index (Phi) is 14.1. The van der Waals surface area contributed by atoms with E-state index in [1.807, 2.05) is 4.72 Å². The van der Waals surface area contributed by atoms with Crippen molar-refractivity contribution < 1.29 is 54.7 Å². The van der Waals surface area contributed by atoms with Crippen LogP contribution in [0.25, 0.3) is 22.2 Å². The maximum atomic E-state index is 15.7. The fourth-order valence-corrected chi connectivity index (χ4v) is 10.2. The molecular weight excluding hydrogens is 926 g/mol. The molecule has 3 aliphatic rings. The summed E-state index contributed by atoms with van der Waals surface area (Å²) in [5, 5.41) is 16.8. The lowest BCUT2D eigenvalue weighted by Crippen LogP contribution is -2.47. The first-order valence-electron chi connectivity index (χ1n) is 22.6. The standard InChI is InChI=1S/C49H50F5N7O7S/c1-3-60(2)69(67,68)59-39-8-7-37(50)43(44(39)52)45(64)36-26-56-47-34(36)22-30(25-55-47)29-4-10-41(35(21-29)46(53)54)61-18-14-27(15-19-61)20-32(62)24-49(66)16-12-28(13-17-49)33-6-5-31(23-38(33)51)57-40-9-11-42(63)58-48(40)65/h4-8,10,20-23,25-26,28,40,46,57,59,66H,3,9,11-19,24H2,1-2H3,(H,55,56)(H,58,63,65). The summed E-state index contributed by atoms with van der Waals surface area (Å²) in [6, 6.07) is 11.6. The number of aliphatic hydroxyl groups is 1. The van der Waals surface area contributed by atoms with Crippen LogP contribution in [-0.2, 0) is 24.6 Å². The van der Waals surface area contributed by atoms with Crippen LogP contribution in [0.1, 0.15) is 104 Å². The second kappa shape index (κ2) is 19.8. The number of nitrogens with zero attached hydrogens (tertiary/aromatic N) is 3. The van der Waals surface area contributed by atoms with E-state index in [0.717, 1.165) is 22.0 Å². The van der Waals surface area contributed by atoms with Gasteiger partial charge in [-0.15, -0.1) is 0 Å². The minimum atomic E-state index is -4.22. The maximum absolute atomic E-state index is 15.7. The number of rotatable bonds is 15. The molecule has 2 amide bonds. The molecule has 14 nitrogen and oxygen atoms in total. The van der Waals surface area contributed by atoms with E-state index >= 15 is 13.2 Å². The number of alkyl halides is 2. The van der Waals surface area contributed by atoms with E-state index in [1.54, 1.807) is 36.1 Å². The third-order valence-corrected chi connectivity index (χ3v) is 14.9. The topological polar surface area (TPSA) is 194 Å². The Labute approximate surface area is 394 Å². The van der Waals surface area contributed by atoms with Crippen LogP contribution in [0, 0.1) is 17.5 Å². The van der Waals surface area contributed by atoms with Crippen molar-refractivity contribution in [1.82, 2.24) is 19.6 Å². The fraction of sp³-hybridized carbons (Fsp3) is 0.367. The number of aromatic amines is 1. The summed E-state index contributed by atoms with van der Waals surface area (Å²) in [6.45, 7) is 2.28. The van der Waals surface area contributed by atoms with Gasteiger partial charge in [0, 0.05) is 85.4 Å². The van der Waals surface area contributed by atoms with Gasteiger partial charge in [-0.2, -0.15) is 12.7 Å². The van der Waals surface area contributed by atoms with Crippen LogP contribution in [0.3, 0.4) is 0 Å². The Bertz CT molecular complexity index is 2980. The minimum Gasteiger partial charge on any atom is -0.389 e. The van der Waals surface area contributed by atoms with Crippen molar-refractivity contribution in [3.8, 4) is 11.1 Å². The highest BCUT2D eigenvalue weighted by Crippen LogP contribution is 2.42. The van der Waals surface area contributed by atoms with E-state index in [9.17, 15) is 41.5 Å². The number of fused-ring (bicyclic) bond motifs is 1. The van der Waals surface area contributed by atoms with Crippen molar-refractivity contribution in [3.63, 3.8) is 0 Å². The van der Waals surface area contributed by atoms with Gasteiger partial charge in [-0.25, -0.2) is 26.9 Å². The Morgan fingerprint density at radius 3 is 2.39 bits per heavy atom. The molecule has 5 N–H and O–H groups in total. The zero-order valence-electron chi connectivity index (χ0n) is 37.7. The smallest absolute Gasteiger partial charge is 0.301 e. The number of halogens is 5. The first-order valence-corrected chi connectivity index (χ1v) is 24.0. The average molecular weight is 976 g/mol. The largest absolute Gasteiger partial charge is 0.389 e. The van der Waals surface area contributed by atoms with Crippen molar-refractivity contribution in [3.05, 3.63) is 118 Å². The minimum absolute atomic E-state index is 0.0529. The van der Waals surface area contributed by atoms with Gasteiger partial charge in [0.05, 0.1) is 16.9 Å². The number of imide groups is 1. The molecule has 2 aromatic heterocycles. The molecule has 4 heterocycles. The number of allylic oxidation sites excluding steroid dienone is 1. The van der Waals surface area contributed by atoms with E-state index in [4.69, 9.17) is 0 Å². The second-order valence-corrected chi connectivity index (χ2v) is 19.6. The molecule has 69 heavy (non-hydrogen) atoms. The predicted molar refractivity (Wildman–Crippen MR) is 249 cm³/mol. The number of pyridine rings is 1. The average Bonchev–Trinajstić information content (AvgIpc) is 3.74. The van der Waals surface area contributed by atoms with E-state index in [-0.39, 0.29) is 72.0 Å². The zero-order chi connectivity index (χ0) is 49.4. The highest BCUT2D eigenvalue weighted by Gasteiger charge is 2.37. The summed E-state index contributed by atoms with van der Waals surface area (Å²) in [7, 11) is -2.96. The molecule has 2 aliphatic heterocycles. The molecule has 5 aromatic rings. The van der Waals surface area contributed by atoms with Crippen LogP contribution in [0.5, 0.6) is 0 Å². The summed E-state index contributed by atoms with van der Waals surface area (Å²) in [4.78, 5) is 59.5. The van der Waals surface area contributed by atoms with Gasteiger partial charge in [0.25, 0.3) is 6.43 Å². The quantitative estimate of drug-likeness (QED) is 0.0296. The summed E-state index contributed by atoms with van der Waals surface area (Å²) >= 11 is 0. The van der Waals surface area contributed by atoms with E-state index in [2.05, 4.69) is 20.6 Å². The van der Waals surface area contributed by atoms with E-state index in [1.165, 1.54) is 43.7 Å². The summed E-state index contributed by atoms with van der Waals surface area (Å²) in [5.41, 5.74) is -0.522. The third-order valence-electron chi connectivity index (χ3n) is 13.3. The number of amides is 2. The molecule has 0 spiro atoms. The van der Waals surface area contributed by atoms with Gasteiger partial charge in [-0.05, 0) is 111 Å². The van der Waals surface area contributed by atoms with Crippen LogP contribution in [0.4, 0.5) is 39.0 Å². The van der Waals surface area contributed by atoms with Gasteiger partial charge in [-0.3, -0.25) is 29.2 Å². The number of anilines is 3. The molecule has 0 radical (unpaired) electrons. The molecule has 1 atom stereocenters. The molecule has 364 valence electrons. The van der Waals surface area contributed by atoms with Gasteiger partial charge < -0.3 is 20.3 Å². The van der Waals surface area contributed by atoms with Crippen molar-refractivity contribution in [2.45, 2.75) is 88.7 Å². The molecule has 2 saturated heterocycles. The van der Waals surface area contributed by atoms with Gasteiger partial charge in [0.1, 0.15) is 23.3 Å². The maximum Gasteiger partial charge on any atom is 0.301 e. The van der Waals surface area contributed by atoms with Crippen LogP contribution in [0.2, 0.25) is 0 Å². The number of benzene rings is 3. The Morgan fingerprint density at radius 2 is 1.71 bits per heavy atom. The summed E-state index contributed by atoms with van der Waals surface area (Å²) in [6.07, 6.45) is 3.96. The number of H-pyrrole nitrogens is 1. The number of piperidine rings is 2. The van der Waals surface area contributed by atoms with Crippen LogP contribution < -0.4 is 20.3 Å². The lowest BCUT2D eigenvalue weighted by atomic mass is 9.74. The van der Waals surface area contributed by atoms with Crippen molar-refractivity contribution in [1.29, 1.82) is 0 Å². The second-order valence-electron chi connectivity index (χ2n) is 17.8. The van der Waals surface area contributed by atoms with Gasteiger partial charge in [-0.1, -0.05) is 24.6 Å². The first-order chi connectivity index (χ1) is 32.8. The fourth-order valence-electron chi connectivity index (χ4n) is 9.31. The van der Waals surface area contributed by atoms with Crippen molar-refractivity contribution in [2.75, 3.05) is 41.6 Å². The number of ketones is 2. The number of carbonyl (C=O) groups is 4. The monoisotopic (exact) mass is 975 g/mol. The first kappa shape index (κ1) is 48.9. The Morgan fingerprint density at radius 1 is 0.971 bits per heavy atom. The number of nitrogens with one attached hydrogen (secondary N) is 4. The summed E-state index contributed by atoms with van der Waals surface area (Å²) in [5.74, 6) is -5.45. The highest BCUT2D eigenvalue weighted by molar-refractivity contribution is 7.90. The zero-order valence-corrected chi connectivity index (χ0v) is 38.5. The number of carbonyl (C=O) groups excluding carboxylic acids is 4. The van der Waals surface area contributed by atoms with Crippen LogP contribution >= 0.6 is 0 Å². The molecular formula is C49H50F5N7O7S. The molecule has 20 heteroatoms. The molecule has 1 saturated carbocycles. The van der Waals surface area contributed by atoms with E-state index in [0.29, 0.717) is 73.3 Å². The Hall–Kier alpha value is -6.51. The van der Waals surface area contributed by atoms with Crippen molar-refractivity contribution >= 4 is 61.7 Å². The van der Waals surface area contributed by atoms with Crippen LogP contribution in [-0.4, -0.2) is 89.5 Å². The lowest BCUT2D eigenvalue weighted by Gasteiger charge is -2.36. The molecule has 8 rings (SSSR count). The highest BCUT2D eigenvalue weighted by atomic mass is 32.2. The Balaban J connectivity index is 0.892. The number of aromatic nitrogens is 2. The van der Waals surface area contributed by atoms with Gasteiger partial charge in [0.2, 0.25) is 17.6 Å². The molecule has 0 bridgehead atoms. The molecule has 3 fully saturated rings. The normalized spacial score (nSPS) is 20.1. The van der Waals surface area contributed by atoms with Gasteiger partial charge in [0.15, 0.2) is 11.6 Å². The van der Waals surface area contributed by atoms with Crippen molar-refractivity contribution in [2.24, 2.45) is 0 Å². The van der Waals surface area contributed by atoms with E-state index < -0.39 is 68.7 Å². The lowest BCUT2D eigenvalue weighted by molar-refractivity contribution is -0.133. The number of hydrogen-bond donors (Lipinski definition) is 5. The third kappa shape index (κ3) is 10.6. The van der Waals surface area contributed by atoms with Gasteiger partial charge >= 0.3 is 10.2 Å². The molecule has 1 aliphatic carbocycles. The molecule has 3 aromatic carbocycles. The number of hydrogen-bond acceptors (Lipinski definition) is 10. The predicted octanol–water partition coefficient (Wildman–Crippen LogP) is 8.22.